The summed E-state index contributed by atoms with van der Waals surface area (Å²) in [6, 6.07) is 0. The molecule has 0 aromatic rings. The molecule has 1 heterocycles. The van der Waals surface area contributed by atoms with Crippen LogP contribution in [0.1, 0.15) is 53.4 Å². The molecule has 1 saturated heterocycles. The van der Waals surface area contributed by atoms with E-state index in [2.05, 4.69) is 39.5 Å². The summed E-state index contributed by atoms with van der Waals surface area (Å²) in [6.07, 6.45) is 7.50. The van der Waals surface area contributed by atoms with E-state index in [1.54, 1.807) is 0 Å². The Kier molecular flexibility index (Phi) is 5.40. The van der Waals surface area contributed by atoms with Gasteiger partial charge in [-0.3, -0.25) is 0 Å². The summed E-state index contributed by atoms with van der Waals surface area (Å²) in [5, 5.41) is 0. The summed E-state index contributed by atoms with van der Waals surface area (Å²) in [5.74, 6) is 0.410. The van der Waals surface area contributed by atoms with Crippen LogP contribution in [0.3, 0.4) is 0 Å². The minimum atomic E-state index is -0.673. The standard InChI is InChI=1S/C16H24O3/c1-12(2)8-6-9-13(3)10-7-11-16(5)14(4)18-15(17)19-16/h8,10H,4,6-7,9,11H2,1-3,5H3/b13-10+/t16-/m1/s1. The molecule has 1 fully saturated rings. The number of rotatable bonds is 6. The highest BCUT2D eigenvalue weighted by atomic mass is 16.8. The van der Waals surface area contributed by atoms with Crippen molar-refractivity contribution in [3.8, 4) is 0 Å². The fourth-order valence-electron chi connectivity index (χ4n) is 1.95. The van der Waals surface area contributed by atoms with Gasteiger partial charge in [0.25, 0.3) is 0 Å². The maximum absolute atomic E-state index is 11.0. The number of carbonyl (C=O) groups is 1. The van der Waals surface area contributed by atoms with Gasteiger partial charge in [-0.1, -0.05) is 29.9 Å². The summed E-state index contributed by atoms with van der Waals surface area (Å²) >= 11 is 0. The third-order valence-electron chi connectivity index (χ3n) is 3.31. The molecule has 0 aromatic carbocycles. The zero-order valence-electron chi connectivity index (χ0n) is 12.4. The first kappa shape index (κ1) is 15.5. The molecule has 1 rings (SSSR count). The number of hydrogen-bond donors (Lipinski definition) is 0. The molecule has 1 atom stereocenters. The Morgan fingerprint density at radius 1 is 1.26 bits per heavy atom. The molecule has 0 aromatic heterocycles. The SMILES string of the molecule is C=C1OC(=O)O[C@]1(C)CC/C=C(\C)CCC=C(C)C. The van der Waals surface area contributed by atoms with Crippen molar-refractivity contribution < 1.29 is 14.3 Å². The van der Waals surface area contributed by atoms with Crippen LogP contribution in [-0.2, 0) is 9.47 Å². The number of hydrogen-bond acceptors (Lipinski definition) is 3. The maximum atomic E-state index is 11.0. The second-order valence-electron chi connectivity index (χ2n) is 5.52. The van der Waals surface area contributed by atoms with Crippen LogP contribution in [0.5, 0.6) is 0 Å². The van der Waals surface area contributed by atoms with E-state index in [9.17, 15) is 4.79 Å². The van der Waals surface area contributed by atoms with Gasteiger partial charge in [0.15, 0.2) is 5.60 Å². The number of ether oxygens (including phenoxy) is 2. The third kappa shape index (κ3) is 4.93. The van der Waals surface area contributed by atoms with Gasteiger partial charge in [-0.05, 0) is 53.4 Å². The Labute approximate surface area is 116 Å². The van der Waals surface area contributed by atoms with Gasteiger partial charge in [0.05, 0.1) is 0 Å². The van der Waals surface area contributed by atoms with Crippen molar-refractivity contribution in [3.05, 3.63) is 35.6 Å². The molecule has 0 amide bonds. The van der Waals surface area contributed by atoms with Crippen LogP contribution < -0.4 is 0 Å². The highest BCUT2D eigenvalue weighted by Gasteiger charge is 2.41. The lowest BCUT2D eigenvalue weighted by Crippen LogP contribution is -2.24. The van der Waals surface area contributed by atoms with E-state index in [0.717, 1.165) is 19.3 Å². The molecule has 0 N–H and O–H groups in total. The molecule has 0 aliphatic carbocycles. The van der Waals surface area contributed by atoms with Crippen molar-refractivity contribution in [3.63, 3.8) is 0 Å². The fourth-order valence-corrected chi connectivity index (χ4v) is 1.95. The Morgan fingerprint density at radius 3 is 2.47 bits per heavy atom. The van der Waals surface area contributed by atoms with Gasteiger partial charge in [0.2, 0.25) is 0 Å². The molecule has 0 radical (unpaired) electrons. The normalized spacial score (nSPS) is 23.1. The molecule has 0 unspecified atom stereocenters. The van der Waals surface area contributed by atoms with Gasteiger partial charge in [-0.2, -0.15) is 0 Å². The number of allylic oxidation sites excluding steroid dienone is 4. The van der Waals surface area contributed by atoms with E-state index >= 15 is 0 Å². The predicted octanol–water partition coefficient (Wildman–Crippen LogP) is 4.90. The van der Waals surface area contributed by atoms with Gasteiger partial charge >= 0.3 is 6.16 Å². The minimum Gasteiger partial charge on any atom is -0.419 e. The molecule has 3 nitrogen and oxygen atoms in total. The van der Waals surface area contributed by atoms with Crippen LogP contribution in [0.4, 0.5) is 4.79 Å². The Balaban J connectivity index is 2.38. The molecule has 0 saturated carbocycles. The lowest BCUT2D eigenvalue weighted by molar-refractivity contribution is 0.0722. The van der Waals surface area contributed by atoms with Crippen LogP contribution in [-0.4, -0.2) is 11.8 Å². The van der Waals surface area contributed by atoms with Crippen molar-refractivity contribution in [2.24, 2.45) is 0 Å². The quantitative estimate of drug-likeness (QED) is 0.505. The molecule has 3 heteroatoms. The summed E-state index contributed by atoms with van der Waals surface area (Å²) in [4.78, 5) is 11.0. The molecule has 0 spiro atoms. The fraction of sp³-hybridized carbons (Fsp3) is 0.562. The smallest absolute Gasteiger partial charge is 0.419 e. The molecular formula is C16H24O3. The van der Waals surface area contributed by atoms with Crippen LogP contribution in [0.15, 0.2) is 35.6 Å². The van der Waals surface area contributed by atoms with E-state index < -0.39 is 11.8 Å². The second kappa shape index (κ2) is 6.60. The van der Waals surface area contributed by atoms with E-state index in [-0.39, 0.29) is 0 Å². The monoisotopic (exact) mass is 264 g/mol. The lowest BCUT2D eigenvalue weighted by Gasteiger charge is -2.19. The van der Waals surface area contributed by atoms with Crippen molar-refractivity contribution in [1.82, 2.24) is 0 Å². The molecular weight excluding hydrogens is 240 g/mol. The summed E-state index contributed by atoms with van der Waals surface area (Å²) in [6.45, 7) is 11.9. The summed E-state index contributed by atoms with van der Waals surface area (Å²) < 4.78 is 10.00. The highest BCUT2D eigenvalue weighted by molar-refractivity contribution is 5.66. The molecule has 106 valence electrons. The molecule has 1 aliphatic heterocycles. The van der Waals surface area contributed by atoms with Crippen molar-refractivity contribution in [2.75, 3.05) is 0 Å². The lowest BCUT2D eigenvalue weighted by atomic mass is 9.97. The first-order valence-corrected chi connectivity index (χ1v) is 6.73. The largest absolute Gasteiger partial charge is 0.514 e. The molecule has 0 bridgehead atoms. The molecule has 1 aliphatic rings. The average Bonchev–Trinajstić information content (AvgIpc) is 2.52. The average molecular weight is 264 g/mol. The Morgan fingerprint density at radius 2 is 1.95 bits per heavy atom. The van der Waals surface area contributed by atoms with Crippen molar-refractivity contribution >= 4 is 6.16 Å². The Bertz CT molecular complexity index is 414. The van der Waals surface area contributed by atoms with E-state index in [1.807, 2.05) is 6.92 Å². The zero-order valence-corrected chi connectivity index (χ0v) is 12.4. The maximum Gasteiger partial charge on any atom is 0.514 e. The first-order valence-electron chi connectivity index (χ1n) is 6.73. The van der Waals surface area contributed by atoms with Gasteiger partial charge in [-0.15, -0.1) is 0 Å². The van der Waals surface area contributed by atoms with E-state index in [0.29, 0.717) is 12.2 Å². The van der Waals surface area contributed by atoms with E-state index in [1.165, 1.54) is 11.1 Å². The first-order chi connectivity index (χ1) is 8.83. The highest BCUT2D eigenvalue weighted by Crippen LogP contribution is 2.33. The second-order valence-corrected chi connectivity index (χ2v) is 5.52. The molecule has 19 heavy (non-hydrogen) atoms. The number of cyclic esters (lactones) is 2. The van der Waals surface area contributed by atoms with Crippen LogP contribution in [0, 0.1) is 0 Å². The van der Waals surface area contributed by atoms with Gasteiger partial charge in [0.1, 0.15) is 5.76 Å². The van der Waals surface area contributed by atoms with Gasteiger partial charge in [0, 0.05) is 0 Å². The summed E-state index contributed by atoms with van der Waals surface area (Å²) in [7, 11) is 0. The van der Waals surface area contributed by atoms with Crippen molar-refractivity contribution in [2.45, 2.75) is 59.0 Å². The van der Waals surface area contributed by atoms with Gasteiger partial charge < -0.3 is 9.47 Å². The van der Waals surface area contributed by atoms with Crippen LogP contribution in [0.2, 0.25) is 0 Å². The number of carbonyl (C=O) groups excluding carboxylic acids is 1. The predicted molar refractivity (Wildman–Crippen MR) is 76.8 cm³/mol. The summed E-state index contributed by atoms with van der Waals surface area (Å²) in [5.41, 5.74) is 2.04. The van der Waals surface area contributed by atoms with Gasteiger partial charge in [-0.25, -0.2) is 4.79 Å². The third-order valence-corrected chi connectivity index (χ3v) is 3.31. The van der Waals surface area contributed by atoms with Crippen LogP contribution in [0.25, 0.3) is 0 Å². The van der Waals surface area contributed by atoms with Crippen molar-refractivity contribution in [1.29, 1.82) is 0 Å². The van der Waals surface area contributed by atoms with E-state index in [4.69, 9.17) is 9.47 Å². The van der Waals surface area contributed by atoms with Crippen LogP contribution >= 0.6 is 0 Å². The zero-order chi connectivity index (χ0) is 14.5. The topological polar surface area (TPSA) is 35.5 Å². The minimum absolute atomic E-state index is 0.410. The Hall–Kier alpha value is -1.51.